The molecule has 0 saturated carbocycles. The van der Waals surface area contributed by atoms with Crippen LogP contribution in [0.1, 0.15) is 38.8 Å². The van der Waals surface area contributed by atoms with Crippen LogP contribution in [-0.2, 0) is 4.74 Å². The third-order valence-corrected chi connectivity index (χ3v) is 4.09. The van der Waals surface area contributed by atoms with Crippen molar-refractivity contribution in [2.24, 2.45) is 5.73 Å². The summed E-state index contributed by atoms with van der Waals surface area (Å²) >= 11 is 0. The molecule has 1 aromatic rings. The van der Waals surface area contributed by atoms with Crippen molar-refractivity contribution in [3.8, 4) is 5.75 Å². The molecule has 1 saturated heterocycles. The Balaban J connectivity index is 1.97. The molecule has 118 valence electrons. The Labute approximate surface area is 128 Å². The summed E-state index contributed by atoms with van der Waals surface area (Å²) in [5, 5.41) is 0. The van der Waals surface area contributed by atoms with Gasteiger partial charge in [-0.1, -0.05) is 19.1 Å². The normalized spacial score (nSPS) is 22.8. The van der Waals surface area contributed by atoms with E-state index in [-0.39, 0.29) is 12.1 Å². The summed E-state index contributed by atoms with van der Waals surface area (Å²) in [6.07, 6.45) is 1.17. The number of nitrogens with two attached hydrogens (primary N) is 1. The third-order valence-electron chi connectivity index (χ3n) is 4.09. The van der Waals surface area contributed by atoms with Gasteiger partial charge in [-0.15, -0.1) is 0 Å². The summed E-state index contributed by atoms with van der Waals surface area (Å²) in [7, 11) is 0. The lowest BCUT2D eigenvalue weighted by molar-refractivity contribution is -0.0498. The molecule has 1 heterocycles. The Morgan fingerprint density at radius 1 is 1.33 bits per heavy atom. The van der Waals surface area contributed by atoms with E-state index in [0.29, 0.717) is 6.04 Å². The van der Waals surface area contributed by atoms with Crippen LogP contribution in [0.4, 0.5) is 0 Å². The summed E-state index contributed by atoms with van der Waals surface area (Å²) in [6.45, 7) is 9.75. The monoisotopic (exact) mass is 292 g/mol. The van der Waals surface area contributed by atoms with Crippen LogP contribution in [0.5, 0.6) is 5.75 Å². The largest absolute Gasteiger partial charge is 0.494 e. The molecule has 0 amide bonds. The van der Waals surface area contributed by atoms with E-state index in [0.717, 1.165) is 38.5 Å². The highest BCUT2D eigenvalue weighted by atomic mass is 16.5. The van der Waals surface area contributed by atoms with Crippen LogP contribution in [0, 0.1) is 0 Å². The molecule has 2 N–H and O–H groups in total. The number of morpholine rings is 1. The minimum atomic E-state index is 0.0739. The van der Waals surface area contributed by atoms with Crippen LogP contribution in [0.3, 0.4) is 0 Å². The molecule has 4 nitrogen and oxygen atoms in total. The van der Waals surface area contributed by atoms with E-state index in [1.54, 1.807) is 0 Å². The van der Waals surface area contributed by atoms with Crippen LogP contribution in [0.2, 0.25) is 0 Å². The molecule has 0 aliphatic carbocycles. The molecule has 1 fully saturated rings. The molecule has 3 unspecified atom stereocenters. The van der Waals surface area contributed by atoms with Crippen molar-refractivity contribution in [3.63, 3.8) is 0 Å². The lowest BCUT2D eigenvalue weighted by Gasteiger charge is -2.38. The van der Waals surface area contributed by atoms with Gasteiger partial charge in [0.15, 0.2) is 0 Å². The topological polar surface area (TPSA) is 47.7 Å². The molecule has 2 rings (SSSR count). The van der Waals surface area contributed by atoms with Gasteiger partial charge in [-0.25, -0.2) is 0 Å². The molecular formula is C17H28N2O2. The molecule has 0 spiro atoms. The lowest BCUT2D eigenvalue weighted by Crippen LogP contribution is -2.50. The van der Waals surface area contributed by atoms with Crippen LogP contribution >= 0.6 is 0 Å². The van der Waals surface area contributed by atoms with E-state index in [4.69, 9.17) is 15.2 Å². The second-order valence-electron chi connectivity index (χ2n) is 5.86. The Morgan fingerprint density at radius 3 is 2.67 bits per heavy atom. The van der Waals surface area contributed by atoms with Crippen LogP contribution in [0.25, 0.3) is 0 Å². The summed E-state index contributed by atoms with van der Waals surface area (Å²) in [4.78, 5) is 2.44. The zero-order valence-electron chi connectivity index (χ0n) is 13.4. The first-order chi connectivity index (χ1) is 10.1. The van der Waals surface area contributed by atoms with Gasteiger partial charge >= 0.3 is 0 Å². The summed E-state index contributed by atoms with van der Waals surface area (Å²) in [6, 6.07) is 8.88. The maximum absolute atomic E-state index is 5.97. The highest BCUT2D eigenvalue weighted by Gasteiger charge is 2.26. The molecule has 21 heavy (non-hydrogen) atoms. The van der Waals surface area contributed by atoms with Gasteiger partial charge in [0.1, 0.15) is 5.75 Å². The molecule has 0 radical (unpaired) electrons. The lowest BCUT2D eigenvalue weighted by atomic mass is 10.0. The first-order valence-corrected chi connectivity index (χ1v) is 7.95. The van der Waals surface area contributed by atoms with E-state index in [1.807, 2.05) is 6.92 Å². The van der Waals surface area contributed by atoms with Gasteiger partial charge in [-0.3, -0.25) is 4.90 Å². The predicted molar refractivity (Wildman–Crippen MR) is 85.6 cm³/mol. The zero-order chi connectivity index (χ0) is 15.2. The molecule has 1 aromatic carbocycles. The van der Waals surface area contributed by atoms with E-state index >= 15 is 0 Å². The van der Waals surface area contributed by atoms with Crippen molar-refractivity contribution in [2.75, 3.05) is 26.3 Å². The van der Waals surface area contributed by atoms with Gasteiger partial charge in [0, 0.05) is 25.2 Å². The van der Waals surface area contributed by atoms with Gasteiger partial charge in [0.2, 0.25) is 0 Å². The fourth-order valence-electron chi connectivity index (χ4n) is 2.64. The standard InChI is InChI=1S/C17H28N2O2/c1-4-10-20-16-7-5-15(6-8-16)14(3)19-9-11-21-17(12-19)13(2)18/h5-8,13-14,17H,4,9-12,18H2,1-3H3. The first-order valence-electron chi connectivity index (χ1n) is 7.95. The van der Waals surface area contributed by atoms with Crippen LogP contribution in [-0.4, -0.2) is 43.3 Å². The second kappa shape index (κ2) is 7.78. The SMILES string of the molecule is CCCOc1ccc(C(C)N2CCOC(C(C)N)C2)cc1. The van der Waals surface area contributed by atoms with E-state index in [2.05, 4.69) is 43.0 Å². The molecule has 0 aromatic heterocycles. The minimum absolute atomic E-state index is 0.0739. The number of hydrogen-bond donors (Lipinski definition) is 1. The summed E-state index contributed by atoms with van der Waals surface area (Å²) in [5.74, 6) is 0.947. The smallest absolute Gasteiger partial charge is 0.119 e. The molecule has 3 atom stereocenters. The van der Waals surface area contributed by atoms with Crippen molar-refractivity contribution >= 4 is 0 Å². The van der Waals surface area contributed by atoms with Crippen molar-refractivity contribution in [2.45, 2.75) is 45.4 Å². The summed E-state index contributed by atoms with van der Waals surface area (Å²) in [5.41, 5.74) is 7.28. The molecular weight excluding hydrogens is 264 g/mol. The zero-order valence-corrected chi connectivity index (χ0v) is 13.4. The fraction of sp³-hybridized carbons (Fsp3) is 0.647. The van der Waals surface area contributed by atoms with Gasteiger partial charge in [0.25, 0.3) is 0 Å². The molecule has 1 aliphatic rings. The number of nitrogens with zero attached hydrogens (tertiary/aromatic N) is 1. The van der Waals surface area contributed by atoms with Crippen LogP contribution in [0.15, 0.2) is 24.3 Å². The highest BCUT2D eigenvalue weighted by molar-refractivity contribution is 5.29. The van der Waals surface area contributed by atoms with Gasteiger partial charge in [-0.2, -0.15) is 0 Å². The molecule has 1 aliphatic heterocycles. The van der Waals surface area contributed by atoms with Gasteiger partial charge in [0.05, 0.1) is 19.3 Å². The quantitative estimate of drug-likeness (QED) is 0.875. The number of benzene rings is 1. The van der Waals surface area contributed by atoms with Gasteiger partial charge in [-0.05, 0) is 38.0 Å². The first kappa shape index (κ1) is 16.3. The molecule has 0 bridgehead atoms. The highest BCUT2D eigenvalue weighted by Crippen LogP contribution is 2.25. The molecule has 4 heteroatoms. The Morgan fingerprint density at radius 2 is 2.05 bits per heavy atom. The average molecular weight is 292 g/mol. The van der Waals surface area contributed by atoms with Crippen molar-refractivity contribution in [1.82, 2.24) is 4.90 Å². The van der Waals surface area contributed by atoms with E-state index < -0.39 is 0 Å². The Hall–Kier alpha value is -1.10. The Kier molecular flexibility index (Phi) is 6.03. The predicted octanol–water partition coefficient (Wildman–Crippen LogP) is 2.58. The maximum Gasteiger partial charge on any atom is 0.119 e. The Bertz CT molecular complexity index is 419. The second-order valence-corrected chi connectivity index (χ2v) is 5.86. The minimum Gasteiger partial charge on any atom is -0.494 e. The van der Waals surface area contributed by atoms with E-state index in [1.165, 1.54) is 5.56 Å². The third kappa shape index (κ3) is 4.43. The van der Waals surface area contributed by atoms with Gasteiger partial charge < -0.3 is 15.2 Å². The van der Waals surface area contributed by atoms with Crippen molar-refractivity contribution in [1.29, 1.82) is 0 Å². The fourth-order valence-corrected chi connectivity index (χ4v) is 2.64. The maximum atomic E-state index is 5.97. The van der Waals surface area contributed by atoms with Crippen molar-refractivity contribution < 1.29 is 9.47 Å². The van der Waals surface area contributed by atoms with Crippen molar-refractivity contribution in [3.05, 3.63) is 29.8 Å². The van der Waals surface area contributed by atoms with Crippen LogP contribution < -0.4 is 10.5 Å². The van der Waals surface area contributed by atoms with E-state index in [9.17, 15) is 0 Å². The number of ether oxygens (including phenoxy) is 2. The average Bonchev–Trinajstić information content (AvgIpc) is 2.53. The number of rotatable bonds is 6. The summed E-state index contributed by atoms with van der Waals surface area (Å²) < 4.78 is 11.4. The number of hydrogen-bond acceptors (Lipinski definition) is 4.